The smallest absolute Gasteiger partial charge is 0.262 e. The Morgan fingerprint density at radius 2 is 2.21 bits per heavy atom. The normalized spacial score (nSPS) is 18.3. The van der Waals surface area contributed by atoms with Gasteiger partial charge in [0.1, 0.15) is 5.75 Å². The highest BCUT2D eigenvalue weighted by molar-refractivity contribution is 8.00. The molecule has 0 bridgehead atoms. The Labute approximate surface area is 172 Å². The van der Waals surface area contributed by atoms with E-state index >= 15 is 0 Å². The van der Waals surface area contributed by atoms with Crippen LogP contribution in [-0.4, -0.2) is 36.8 Å². The molecule has 0 unspecified atom stereocenters. The number of nitrogens with zero attached hydrogens (tertiary/aromatic N) is 1. The molecule has 0 radical (unpaired) electrons. The van der Waals surface area contributed by atoms with Gasteiger partial charge < -0.3 is 20.3 Å². The topological polar surface area (TPSA) is 70.7 Å². The van der Waals surface area contributed by atoms with E-state index in [1.165, 1.54) is 0 Å². The van der Waals surface area contributed by atoms with Crippen molar-refractivity contribution in [1.29, 1.82) is 0 Å². The van der Waals surface area contributed by atoms with Crippen molar-refractivity contribution < 1.29 is 14.3 Å². The average molecular weight is 418 g/mol. The summed E-state index contributed by atoms with van der Waals surface area (Å²) in [6.07, 6.45) is 0.929. The zero-order valence-electron chi connectivity index (χ0n) is 15.3. The third-order valence-electron chi connectivity index (χ3n) is 4.68. The number of amides is 2. The fraction of sp³-hybridized carbons (Fsp3) is 0.300. The summed E-state index contributed by atoms with van der Waals surface area (Å²) in [5, 5.41) is 6.69. The number of anilines is 3. The first-order chi connectivity index (χ1) is 13.5. The fourth-order valence-electron chi connectivity index (χ4n) is 3.25. The van der Waals surface area contributed by atoms with Crippen LogP contribution in [0, 0.1) is 0 Å². The molecule has 4 rings (SSSR count). The largest absolute Gasteiger partial charge is 0.482 e. The first-order valence-electron chi connectivity index (χ1n) is 9.07. The Kier molecular flexibility index (Phi) is 5.37. The molecule has 8 heteroatoms. The molecule has 0 saturated heterocycles. The minimum atomic E-state index is -0.216. The van der Waals surface area contributed by atoms with Gasteiger partial charge in [0.2, 0.25) is 5.91 Å². The number of ether oxygens (including phenoxy) is 1. The van der Waals surface area contributed by atoms with Crippen molar-refractivity contribution in [2.75, 3.05) is 35.2 Å². The number of carbonyl (C=O) groups excluding carboxylic acids is 2. The van der Waals surface area contributed by atoms with Crippen LogP contribution in [0.2, 0.25) is 5.02 Å². The molecule has 2 aliphatic rings. The van der Waals surface area contributed by atoms with Crippen molar-refractivity contribution >= 4 is 52.2 Å². The fourth-order valence-corrected chi connectivity index (χ4v) is 4.59. The van der Waals surface area contributed by atoms with Gasteiger partial charge in [0, 0.05) is 22.8 Å². The van der Waals surface area contributed by atoms with Crippen LogP contribution in [0.3, 0.4) is 0 Å². The lowest BCUT2D eigenvalue weighted by molar-refractivity contribution is -0.118. The summed E-state index contributed by atoms with van der Waals surface area (Å²) in [5.41, 5.74) is 2.08. The van der Waals surface area contributed by atoms with Crippen LogP contribution in [0.4, 0.5) is 17.1 Å². The van der Waals surface area contributed by atoms with Crippen LogP contribution in [0.25, 0.3) is 0 Å². The maximum atomic E-state index is 13.0. The molecular weight excluding hydrogens is 398 g/mol. The van der Waals surface area contributed by atoms with Gasteiger partial charge in [0.15, 0.2) is 6.61 Å². The molecule has 2 aromatic carbocycles. The number of thioether (sulfide) groups is 1. The van der Waals surface area contributed by atoms with E-state index in [0.717, 1.165) is 17.0 Å². The Hall–Kier alpha value is -2.38. The first kappa shape index (κ1) is 19.0. The van der Waals surface area contributed by atoms with Crippen LogP contribution in [0.1, 0.15) is 13.3 Å². The van der Waals surface area contributed by atoms with E-state index in [-0.39, 0.29) is 25.0 Å². The van der Waals surface area contributed by atoms with Crippen molar-refractivity contribution in [3.05, 3.63) is 41.4 Å². The van der Waals surface area contributed by atoms with E-state index in [1.54, 1.807) is 23.9 Å². The maximum absolute atomic E-state index is 13.0. The standard InChI is InChI=1S/C20H20ClN3O3S/c1-12-6-7-24(16-4-2-3-5-18(16)28-12)20(26)10-22-14-9-17-15(8-13(14)21)23-19(25)11-27-17/h2-5,8-9,12,22H,6-7,10-11H2,1H3,(H,23,25)/t12-/m0/s1. The second kappa shape index (κ2) is 7.93. The molecule has 146 valence electrons. The molecule has 0 fully saturated rings. The second-order valence-corrected chi connectivity index (χ2v) is 8.64. The molecule has 2 aliphatic heterocycles. The van der Waals surface area contributed by atoms with E-state index in [1.807, 2.05) is 23.1 Å². The van der Waals surface area contributed by atoms with E-state index in [0.29, 0.717) is 33.9 Å². The quantitative estimate of drug-likeness (QED) is 0.789. The third kappa shape index (κ3) is 3.91. The molecular formula is C20H20ClN3O3S. The van der Waals surface area contributed by atoms with E-state index < -0.39 is 0 Å². The summed E-state index contributed by atoms with van der Waals surface area (Å²) in [5.74, 6) is 0.292. The molecule has 2 N–H and O–H groups in total. The van der Waals surface area contributed by atoms with Crippen LogP contribution in [-0.2, 0) is 9.59 Å². The summed E-state index contributed by atoms with van der Waals surface area (Å²) in [4.78, 5) is 27.3. The predicted octanol–water partition coefficient (Wildman–Crippen LogP) is 4.00. The molecule has 0 saturated carbocycles. The number of nitrogens with one attached hydrogen (secondary N) is 2. The Bertz CT molecular complexity index is 937. The Balaban J connectivity index is 1.50. The molecule has 0 spiro atoms. The highest BCUT2D eigenvalue weighted by Crippen LogP contribution is 2.38. The minimum absolute atomic E-state index is 0.0230. The van der Waals surface area contributed by atoms with Gasteiger partial charge in [0.25, 0.3) is 5.91 Å². The van der Waals surface area contributed by atoms with Gasteiger partial charge >= 0.3 is 0 Å². The lowest BCUT2D eigenvalue weighted by atomic mass is 10.2. The first-order valence-corrected chi connectivity index (χ1v) is 10.3. The van der Waals surface area contributed by atoms with Crippen molar-refractivity contribution in [2.24, 2.45) is 0 Å². The van der Waals surface area contributed by atoms with Gasteiger partial charge in [0.05, 0.1) is 28.6 Å². The van der Waals surface area contributed by atoms with Gasteiger partial charge in [-0.25, -0.2) is 0 Å². The summed E-state index contributed by atoms with van der Waals surface area (Å²) < 4.78 is 5.42. The van der Waals surface area contributed by atoms with Crippen LogP contribution < -0.4 is 20.3 Å². The number of hydrogen-bond donors (Lipinski definition) is 2. The van der Waals surface area contributed by atoms with Gasteiger partial charge in [-0.2, -0.15) is 0 Å². The number of rotatable bonds is 3. The minimum Gasteiger partial charge on any atom is -0.482 e. The van der Waals surface area contributed by atoms with Crippen molar-refractivity contribution in [3.8, 4) is 5.75 Å². The Morgan fingerprint density at radius 3 is 3.07 bits per heavy atom. The monoisotopic (exact) mass is 417 g/mol. The van der Waals surface area contributed by atoms with Gasteiger partial charge in [-0.15, -0.1) is 11.8 Å². The molecule has 0 aliphatic carbocycles. The Morgan fingerprint density at radius 1 is 1.39 bits per heavy atom. The van der Waals surface area contributed by atoms with Gasteiger partial charge in [-0.05, 0) is 24.6 Å². The zero-order valence-corrected chi connectivity index (χ0v) is 16.9. The maximum Gasteiger partial charge on any atom is 0.262 e. The lowest BCUT2D eigenvalue weighted by Gasteiger charge is -2.24. The average Bonchev–Trinajstić information content (AvgIpc) is 2.84. The summed E-state index contributed by atoms with van der Waals surface area (Å²) >= 11 is 8.11. The number of fused-ring (bicyclic) bond motifs is 2. The predicted molar refractivity (Wildman–Crippen MR) is 113 cm³/mol. The van der Waals surface area contributed by atoms with E-state index in [4.69, 9.17) is 16.3 Å². The van der Waals surface area contributed by atoms with Crippen LogP contribution >= 0.6 is 23.4 Å². The zero-order chi connectivity index (χ0) is 19.7. The number of halogens is 1. The molecule has 0 aromatic heterocycles. The summed E-state index contributed by atoms with van der Waals surface area (Å²) in [7, 11) is 0. The van der Waals surface area contributed by atoms with Crippen molar-refractivity contribution in [1.82, 2.24) is 0 Å². The van der Waals surface area contributed by atoms with E-state index in [9.17, 15) is 9.59 Å². The number of carbonyl (C=O) groups is 2. The van der Waals surface area contributed by atoms with Crippen molar-refractivity contribution in [3.63, 3.8) is 0 Å². The van der Waals surface area contributed by atoms with E-state index in [2.05, 4.69) is 23.6 Å². The number of para-hydroxylation sites is 1. The third-order valence-corrected chi connectivity index (χ3v) is 6.23. The lowest BCUT2D eigenvalue weighted by Crippen LogP contribution is -2.36. The van der Waals surface area contributed by atoms with Gasteiger partial charge in [-0.1, -0.05) is 30.7 Å². The van der Waals surface area contributed by atoms with Crippen LogP contribution in [0.5, 0.6) is 5.75 Å². The number of hydrogen-bond acceptors (Lipinski definition) is 5. The highest BCUT2D eigenvalue weighted by Gasteiger charge is 2.24. The second-order valence-electron chi connectivity index (χ2n) is 6.75. The molecule has 28 heavy (non-hydrogen) atoms. The summed E-state index contributed by atoms with van der Waals surface area (Å²) in [6.45, 7) is 2.93. The molecule has 2 heterocycles. The molecule has 6 nitrogen and oxygen atoms in total. The van der Waals surface area contributed by atoms with Crippen molar-refractivity contribution in [2.45, 2.75) is 23.5 Å². The summed E-state index contributed by atoms with van der Waals surface area (Å²) in [6, 6.07) is 11.3. The number of benzene rings is 2. The van der Waals surface area contributed by atoms with Crippen LogP contribution in [0.15, 0.2) is 41.3 Å². The molecule has 2 aromatic rings. The molecule has 2 amide bonds. The SMILES string of the molecule is C[C@H]1CCN(C(=O)CNc2cc3c(cc2Cl)NC(=O)CO3)c2ccccc2S1. The molecule has 1 atom stereocenters. The van der Waals surface area contributed by atoms with Gasteiger partial charge in [-0.3, -0.25) is 9.59 Å². The highest BCUT2D eigenvalue weighted by atomic mass is 35.5.